The molecule has 1 atom stereocenters. The Morgan fingerprint density at radius 2 is 1.66 bits per heavy atom. The number of nitrogens with zero attached hydrogens (tertiary/aromatic N) is 3. The molecule has 1 spiro atoms. The molecule has 300 valence electrons. The van der Waals surface area contributed by atoms with Crippen molar-refractivity contribution in [2.45, 2.75) is 166 Å². The number of hydrogen-bond acceptors (Lipinski definition) is 6. The van der Waals surface area contributed by atoms with E-state index in [1.165, 1.54) is 5.57 Å². The number of amidine groups is 1. The fourth-order valence-electron chi connectivity index (χ4n) is 7.23. The van der Waals surface area contributed by atoms with Crippen LogP contribution in [0.15, 0.2) is 69.3 Å². The monoisotopic (exact) mass is 736 g/mol. The first kappa shape index (κ1) is 47.6. The van der Waals surface area contributed by atoms with Gasteiger partial charge in [0.2, 0.25) is 0 Å². The number of aliphatic imine (C=N–C) groups is 1. The predicted molar refractivity (Wildman–Crippen MR) is 227 cm³/mol. The molecule has 6 N–H and O–H groups in total. The van der Waals surface area contributed by atoms with Crippen molar-refractivity contribution in [1.29, 1.82) is 0 Å². The van der Waals surface area contributed by atoms with Crippen LogP contribution in [-0.4, -0.2) is 46.5 Å². The maximum Gasteiger partial charge on any atom is 0.274 e. The molecular weight excluding hydrogens is 659 g/mol. The minimum absolute atomic E-state index is 0.00722. The summed E-state index contributed by atoms with van der Waals surface area (Å²) in [6.45, 7) is 34.9. The third kappa shape index (κ3) is 13.1. The van der Waals surface area contributed by atoms with Gasteiger partial charge < -0.3 is 16.0 Å². The van der Waals surface area contributed by atoms with Gasteiger partial charge in [0.25, 0.3) is 11.8 Å². The molecule has 9 heteroatoms. The molecule has 53 heavy (non-hydrogen) atoms. The molecule has 3 rings (SSSR count). The van der Waals surface area contributed by atoms with E-state index in [1.54, 1.807) is 12.2 Å². The quantitative estimate of drug-likeness (QED) is 0.0373. The third-order valence-electron chi connectivity index (χ3n) is 11.0. The molecule has 0 radical (unpaired) electrons. The smallest absolute Gasteiger partial charge is 0.274 e. The molecule has 0 bridgehead atoms. The van der Waals surface area contributed by atoms with E-state index in [0.29, 0.717) is 17.2 Å². The highest BCUT2D eigenvalue weighted by molar-refractivity contribution is 6.47. The Labute approximate surface area is 324 Å². The summed E-state index contributed by atoms with van der Waals surface area (Å²) in [4.78, 5) is 35.4. The minimum Gasteiger partial charge on any atom is -0.384 e. The van der Waals surface area contributed by atoms with E-state index in [9.17, 15) is 9.59 Å². The number of carbonyl (C=O) groups is 2. The number of rotatable bonds is 13. The zero-order valence-electron chi connectivity index (χ0n) is 36.1. The summed E-state index contributed by atoms with van der Waals surface area (Å²) in [5, 5.41) is 6.45. The third-order valence-corrected chi connectivity index (χ3v) is 11.0. The van der Waals surface area contributed by atoms with E-state index in [4.69, 9.17) is 16.6 Å². The zero-order chi connectivity index (χ0) is 40.8. The van der Waals surface area contributed by atoms with Crippen molar-refractivity contribution < 1.29 is 9.59 Å². The van der Waals surface area contributed by atoms with Crippen LogP contribution in [0.3, 0.4) is 0 Å². The molecule has 1 fully saturated rings. The SMILES string of the molecule is C=C(/C=C\C(=C/C)C(=O)NC/C(N)=N/NN)C(CCC(C)(C)C)N1C(=O)C(C2=CC=C(C(C)(C)CC)CC2)=NC12CCC(C(C)(C)C)CC2.CC.CC. The second-order valence-electron chi connectivity index (χ2n) is 17.1. The van der Waals surface area contributed by atoms with Gasteiger partial charge in [-0.15, -0.1) is 0 Å². The molecule has 0 aromatic rings. The standard InChI is InChI=1S/C40H65N7O2.2C2H6/c1-12-28(35(48)43-26-33(41)45-46-42)15-14-27(3)32(22-23-37(4,5)6)47-36(49)34(29-16-18-31(19-17-29)39(10,11)13-2)44-40(47)24-20-30(21-25-40)38(7,8)9;2*1-2/h12,14-16,18,30,32,46H,3,13,17,19-26,42H2,1-2,4-11H3,(H2,41,45)(H,43,48);2*1-2H3/b15-14-,28-12+;;. The van der Waals surface area contributed by atoms with Gasteiger partial charge in [-0.3, -0.25) is 14.6 Å². The largest absolute Gasteiger partial charge is 0.384 e. The Bertz CT molecular complexity index is 1420. The van der Waals surface area contributed by atoms with Crippen molar-refractivity contribution in [3.8, 4) is 0 Å². The molecular formula is C44H77N7O2. The second-order valence-corrected chi connectivity index (χ2v) is 17.1. The molecule has 1 aliphatic heterocycles. The Hall–Kier alpha value is -3.46. The summed E-state index contributed by atoms with van der Waals surface area (Å²) >= 11 is 0. The molecule has 2 aliphatic carbocycles. The highest BCUT2D eigenvalue weighted by Crippen LogP contribution is 2.49. The Morgan fingerprint density at radius 3 is 2.13 bits per heavy atom. The van der Waals surface area contributed by atoms with E-state index in [-0.39, 0.29) is 46.5 Å². The molecule has 1 heterocycles. The lowest BCUT2D eigenvalue weighted by atomic mass is 9.69. The molecule has 3 aliphatic rings. The Kier molecular flexibility index (Phi) is 18.7. The molecule has 1 saturated carbocycles. The van der Waals surface area contributed by atoms with E-state index >= 15 is 0 Å². The van der Waals surface area contributed by atoms with Gasteiger partial charge in [-0.1, -0.05) is 126 Å². The highest BCUT2D eigenvalue weighted by Gasteiger charge is 2.53. The van der Waals surface area contributed by atoms with Crippen LogP contribution < -0.4 is 22.4 Å². The van der Waals surface area contributed by atoms with Crippen LogP contribution in [0.5, 0.6) is 0 Å². The summed E-state index contributed by atoms with van der Waals surface area (Å²) in [5.74, 6) is 5.63. The maximum atomic E-state index is 14.8. The lowest BCUT2D eigenvalue weighted by Gasteiger charge is -2.48. The van der Waals surface area contributed by atoms with Crippen LogP contribution in [0, 0.1) is 22.2 Å². The van der Waals surface area contributed by atoms with Gasteiger partial charge in [0.15, 0.2) is 0 Å². The van der Waals surface area contributed by atoms with E-state index in [0.717, 1.165) is 68.9 Å². The lowest BCUT2D eigenvalue weighted by Crippen LogP contribution is -2.55. The average Bonchev–Trinajstić information content (AvgIpc) is 3.39. The van der Waals surface area contributed by atoms with Crippen LogP contribution >= 0.6 is 0 Å². The van der Waals surface area contributed by atoms with Crippen molar-refractivity contribution in [2.75, 3.05) is 6.54 Å². The second kappa shape index (κ2) is 20.8. The fraction of sp³-hybridized carbons (Fsp3) is 0.682. The number of amides is 2. The first-order valence-corrected chi connectivity index (χ1v) is 20.2. The summed E-state index contributed by atoms with van der Waals surface area (Å²) in [5.41, 5.74) is 12.0. The van der Waals surface area contributed by atoms with Crippen LogP contribution in [0.25, 0.3) is 0 Å². The zero-order valence-corrected chi connectivity index (χ0v) is 36.1. The molecule has 0 aromatic heterocycles. The van der Waals surface area contributed by atoms with Crippen molar-refractivity contribution in [1.82, 2.24) is 15.8 Å². The van der Waals surface area contributed by atoms with Crippen molar-refractivity contribution in [3.05, 3.63) is 59.3 Å². The minimum atomic E-state index is -0.615. The van der Waals surface area contributed by atoms with Crippen LogP contribution in [0.2, 0.25) is 0 Å². The lowest BCUT2D eigenvalue weighted by molar-refractivity contribution is -0.132. The molecule has 0 saturated heterocycles. The molecule has 1 unspecified atom stereocenters. The molecule has 2 amide bonds. The van der Waals surface area contributed by atoms with Crippen molar-refractivity contribution in [2.24, 2.45) is 43.8 Å². The van der Waals surface area contributed by atoms with E-state index in [1.807, 2.05) is 40.7 Å². The number of carbonyl (C=O) groups excluding carboxylic acids is 2. The summed E-state index contributed by atoms with van der Waals surface area (Å²) in [6.07, 6.45) is 18.0. The predicted octanol–water partition coefficient (Wildman–Crippen LogP) is 9.44. The van der Waals surface area contributed by atoms with E-state index in [2.05, 4.69) is 102 Å². The number of hydrazone groups is 1. The summed E-state index contributed by atoms with van der Waals surface area (Å²) in [7, 11) is 0. The van der Waals surface area contributed by atoms with E-state index < -0.39 is 5.66 Å². The van der Waals surface area contributed by atoms with Crippen LogP contribution in [0.1, 0.15) is 155 Å². The van der Waals surface area contributed by atoms with Crippen molar-refractivity contribution >= 4 is 23.4 Å². The summed E-state index contributed by atoms with van der Waals surface area (Å²) < 4.78 is 0. The highest BCUT2D eigenvalue weighted by atomic mass is 16.2. The van der Waals surface area contributed by atoms with Crippen molar-refractivity contribution in [3.63, 3.8) is 0 Å². The number of nitrogens with one attached hydrogen (secondary N) is 2. The number of hydrogen-bond donors (Lipinski definition) is 4. The number of nitrogens with two attached hydrogens (primary N) is 2. The summed E-state index contributed by atoms with van der Waals surface area (Å²) in [6, 6.07) is -0.274. The molecule has 0 aromatic carbocycles. The Morgan fingerprint density at radius 1 is 1.06 bits per heavy atom. The Balaban J connectivity index is 0.00000339. The van der Waals surface area contributed by atoms with Crippen LogP contribution in [0.4, 0.5) is 0 Å². The van der Waals surface area contributed by atoms with Gasteiger partial charge in [0.1, 0.15) is 17.2 Å². The van der Waals surface area contributed by atoms with Gasteiger partial charge in [0.05, 0.1) is 12.6 Å². The topological polar surface area (TPSA) is 138 Å². The van der Waals surface area contributed by atoms with Gasteiger partial charge >= 0.3 is 0 Å². The first-order valence-electron chi connectivity index (χ1n) is 20.2. The molecule has 9 nitrogen and oxygen atoms in total. The first-order chi connectivity index (χ1) is 24.8. The van der Waals surface area contributed by atoms with Gasteiger partial charge in [-0.2, -0.15) is 5.10 Å². The fourth-order valence-corrected chi connectivity index (χ4v) is 7.23. The average molecular weight is 736 g/mol. The number of allylic oxidation sites excluding steroid dienone is 4. The van der Waals surface area contributed by atoms with Gasteiger partial charge in [-0.05, 0) is 104 Å². The van der Waals surface area contributed by atoms with Crippen LogP contribution in [-0.2, 0) is 9.59 Å². The van der Waals surface area contributed by atoms with Gasteiger partial charge in [0, 0.05) is 5.57 Å². The maximum absolute atomic E-state index is 14.8. The normalized spacial score (nSPS) is 21.9. The number of hydrazine groups is 1. The van der Waals surface area contributed by atoms with Gasteiger partial charge in [-0.25, -0.2) is 11.4 Å².